The van der Waals surface area contributed by atoms with Crippen LogP contribution < -0.4 is 0 Å². The first kappa shape index (κ1) is 8.30. The Balaban J connectivity index is 2.18. The summed E-state index contributed by atoms with van der Waals surface area (Å²) in [4.78, 5) is 3.24. The Morgan fingerprint density at radius 2 is 1.47 bits per heavy atom. The van der Waals surface area contributed by atoms with Gasteiger partial charge in [0, 0.05) is 11.9 Å². The van der Waals surface area contributed by atoms with E-state index in [1.165, 1.54) is 22.4 Å². The minimum atomic E-state index is 1.19. The van der Waals surface area contributed by atoms with Crippen molar-refractivity contribution in [3.05, 3.63) is 60.8 Å². The highest BCUT2D eigenvalue weighted by Crippen LogP contribution is 2.30. The van der Waals surface area contributed by atoms with Gasteiger partial charge in [-0.1, -0.05) is 36.4 Å². The van der Waals surface area contributed by atoms with Gasteiger partial charge in [0.1, 0.15) is 0 Å². The predicted octanol–water partition coefficient (Wildman–Crippen LogP) is 3.79. The molecule has 0 saturated heterocycles. The maximum Gasteiger partial charge on any atom is 0.0459 e. The molecule has 1 N–H and O–H groups in total. The maximum atomic E-state index is 3.24. The molecule has 1 aromatic rings. The second kappa shape index (κ2) is 3.28. The molecule has 1 heteroatoms. The van der Waals surface area contributed by atoms with Crippen LogP contribution in [0, 0.1) is 0 Å². The van der Waals surface area contributed by atoms with E-state index in [-0.39, 0.29) is 0 Å². The second-order valence-corrected chi connectivity index (χ2v) is 3.65. The van der Waals surface area contributed by atoms with Crippen LogP contribution in [-0.2, 0) is 0 Å². The van der Waals surface area contributed by atoms with Gasteiger partial charge >= 0.3 is 0 Å². The van der Waals surface area contributed by atoms with Crippen LogP contribution in [0.2, 0.25) is 0 Å². The van der Waals surface area contributed by atoms with E-state index in [1.54, 1.807) is 0 Å². The molecular weight excluding hydrogens is 182 g/mol. The average molecular weight is 193 g/mol. The molecule has 0 atom stereocenters. The lowest BCUT2D eigenvalue weighted by atomic mass is 10.1. The fourth-order valence-corrected chi connectivity index (χ4v) is 1.88. The zero-order valence-corrected chi connectivity index (χ0v) is 8.27. The molecule has 0 bridgehead atoms. The first-order chi connectivity index (χ1) is 7.43. The van der Waals surface area contributed by atoms with E-state index in [0.717, 1.165) is 0 Å². The molecule has 1 aromatic carbocycles. The number of fused-ring (bicyclic) bond motifs is 1. The van der Waals surface area contributed by atoms with E-state index < -0.39 is 0 Å². The Morgan fingerprint density at radius 1 is 0.667 bits per heavy atom. The number of rotatable bonds is 1. The number of hydrogen-bond donors (Lipinski definition) is 1. The van der Waals surface area contributed by atoms with Crippen LogP contribution >= 0.6 is 0 Å². The highest BCUT2D eigenvalue weighted by atomic mass is 14.7. The van der Waals surface area contributed by atoms with Crippen molar-refractivity contribution in [1.82, 2.24) is 4.98 Å². The van der Waals surface area contributed by atoms with Crippen molar-refractivity contribution in [3.8, 4) is 22.4 Å². The fraction of sp³-hybridized carbons (Fsp3) is 0. The van der Waals surface area contributed by atoms with Gasteiger partial charge < -0.3 is 4.98 Å². The van der Waals surface area contributed by atoms with Crippen LogP contribution in [0.3, 0.4) is 0 Å². The first-order valence-electron chi connectivity index (χ1n) is 5.06. The van der Waals surface area contributed by atoms with Crippen molar-refractivity contribution in [2.24, 2.45) is 0 Å². The Bertz CT molecular complexity index is 506. The molecule has 0 radical (unpaired) electrons. The van der Waals surface area contributed by atoms with E-state index >= 15 is 0 Å². The van der Waals surface area contributed by atoms with Crippen molar-refractivity contribution in [2.75, 3.05) is 0 Å². The summed E-state index contributed by atoms with van der Waals surface area (Å²) in [6, 6.07) is 19.0. The molecule has 0 aromatic heterocycles. The monoisotopic (exact) mass is 193 g/mol. The molecule has 72 valence electrons. The summed E-state index contributed by atoms with van der Waals surface area (Å²) in [6.45, 7) is 0. The molecule has 1 heterocycles. The summed E-state index contributed by atoms with van der Waals surface area (Å²) in [5, 5.41) is 0. The van der Waals surface area contributed by atoms with Gasteiger partial charge in [0.15, 0.2) is 0 Å². The highest BCUT2D eigenvalue weighted by Gasteiger charge is 2.06. The van der Waals surface area contributed by atoms with Crippen LogP contribution in [0.25, 0.3) is 22.4 Å². The molecule has 0 unspecified atom stereocenters. The molecule has 0 amide bonds. The third kappa shape index (κ3) is 1.42. The molecule has 1 nitrogen and oxygen atoms in total. The van der Waals surface area contributed by atoms with E-state index in [1.807, 2.05) is 18.3 Å². The molecule has 3 rings (SSSR count). The average Bonchev–Trinajstić information content (AvgIpc) is 2.74. The fourth-order valence-electron chi connectivity index (χ4n) is 1.88. The summed E-state index contributed by atoms with van der Waals surface area (Å²) in [7, 11) is 0. The minimum Gasteiger partial charge on any atom is -0.361 e. The molecule has 1 aliphatic carbocycles. The summed E-state index contributed by atoms with van der Waals surface area (Å²) in [5.74, 6) is 0. The van der Waals surface area contributed by atoms with E-state index in [2.05, 4.69) is 47.4 Å². The Kier molecular flexibility index (Phi) is 1.82. The number of benzene rings is 1. The van der Waals surface area contributed by atoms with Gasteiger partial charge in [-0.2, -0.15) is 0 Å². The van der Waals surface area contributed by atoms with Gasteiger partial charge in [-0.3, -0.25) is 0 Å². The van der Waals surface area contributed by atoms with Gasteiger partial charge in [0.05, 0.1) is 0 Å². The van der Waals surface area contributed by atoms with Crippen molar-refractivity contribution in [1.29, 1.82) is 0 Å². The normalized spacial score (nSPS) is 10.7. The van der Waals surface area contributed by atoms with Crippen LogP contribution in [0.5, 0.6) is 0 Å². The standard InChI is InChI=1S/C14H11N/c1-2-5-11(6-3-1)13-9-12-7-4-8-15-14(12)10-13/h1-10,15H. The van der Waals surface area contributed by atoms with Crippen LogP contribution in [0.4, 0.5) is 0 Å². The van der Waals surface area contributed by atoms with Crippen molar-refractivity contribution < 1.29 is 0 Å². The lowest BCUT2D eigenvalue weighted by Crippen LogP contribution is -1.75. The number of hydrogen-bond acceptors (Lipinski definition) is 0. The van der Waals surface area contributed by atoms with Gasteiger partial charge in [0.2, 0.25) is 0 Å². The number of pyridine rings is 1. The summed E-state index contributed by atoms with van der Waals surface area (Å²) in [5.41, 5.74) is 4.99. The number of aromatic amines is 1. The third-order valence-electron chi connectivity index (χ3n) is 2.64. The van der Waals surface area contributed by atoms with Gasteiger partial charge in [0.25, 0.3) is 0 Å². The zero-order valence-electron chi connectivity index (χ0n) is 8.27. The minimum absolute atomic E-state index is 1.19. The van der Waals surface area contributed by atoms with Crippen molar-refractivity contribution in [3.63, 3.8) is 0 Å². The summed E-state index contributed by atoms with van der Waals surface area (Å²) < 4.78 is 0. The van der Waals surface area contributed by atoms with Gasteiger partial charge in [-0.15, -0.1) is 0 Å². The number of nitrogens with one attached hydrogen (secondary N) is 1. The van der Waals surface area contributed by atoms with Crippen molar-refractivity contribution in [2.45, 2.75) is 0 Å². The topological polar surface area (TPSA) is 15.8 Å². The summed E-state index contributed by atoms with van der Waals surface area (Å²) in [6.07, 6.45) is 1.96. The SMILES string of the molecule is c1ccc(-c2cc3ccc[nH]c-3c2)cc1. The predicted molar refractivity (Wildman–Crippen MR) is 62.9 cm³/mol. The molecule has 0 fully saturated rings. The molecule has 15 heavy (non-hydrogen) atoms. The number of aromatic nitrogens is 1. The van der Waals surface area contributed by atoms with E-state index in [0.29, 0.717) is 0 Å². The third-order valence-corrected chi connectivity index (χ3v) is 2.64. The Labute approximate surface area is 88.7 Å². The lowest BCUT2D eigenvalue weighted by molar-refractivity contribution is 1.34. The largest absolute Gasteiger partial charge is 0.361 e. The molecule has 1 aliphatic heterocycles. The first-order valence-corrected chi connectivity index (χ1v) is 5.06. The zero-order chi connectivity index (χ0) is 10.1. The molecule has 2 aliphatic rings. The lowest BCUT2D eigenvalue weighted by Gasteiger charge is -1.94. The molecule has 0 saturated carbocycles. The maximum absolute atomic E-state index is 3.24. The number of H-pyrrole nitrogens is 1. The molecule has 0 spiro atoms. The second-order valence-electron chi connectivity index (χ2n) is 3.65. The van der Waals surface area contributed by atoms with Gasteiger partial charge in [-0.25, -0.2) is 0 Å². The smallest absolute Gasteiger partial charge is 0.0459 e. The Morgan fingerprint density at radius 3 is 2.27 bits per heavy atom. The highest BCUT2D eigenvalue weighted by molar-refractivity contribution is 5.77. The van der Waals surface area contributed by atoms with Crippen LogP contribution in [0.1, 0.15) is 0 Å². The quantitative estimate of drug-likeness (QED) is 0.605. The van der Waals surface area contributed by atoms with Crippen molar-refractivity contribution >= 4 is 0 Å². The van der Waals surface area contributed by atoms with Gasteiger partial charge in [-0.05, 0) is 34.9 Å². The van der Waals surface area contributed by atoms with E-state index in [9.17, 15) is 0 Å². The Hall–Kier alpha value is -2.02. The van der Waals surface area contributed by atoms with E-state index in [4.69, 9.17) is 0 Å². The summed E-state index contributed by atoms with van der Waals surface area (Å²) >= 11 is 0. The molecular formula is C14H11N. The van der Waals surface area contributed by atoms with Crippen LogP contribution in [0.15, 0.2) is 60.8 Å². The van der Waals surface area contributed by atoms with Crippen LogP contribution in [-0.4, -0.2) is 4.98 Å².